The van der Waals surface area contributed by atoms with E-state index >= 15 is 0 Å². The number of rotatable bonds is 4. The Labute approximate surface area is 94.0 Å². The largest absolute Gasteiger partial charge is 0.465 e. The highest BCUT2D eigenvalue weighted by atomic mass is 16.5. The first kappa shape index (κ1) is 12.4. The van der Waals surface area contributed by atoms with E-state index in [1.54, 1.807) is 0 Å². The Morgan fingerprint density at radius 1 is 1.31 bits per heavy atom. The van der Waals surface area contributed by atoms with Crippen molar-refractivity contribution >= 4 is 17.5 Å². The van der Waals surface area contributed by atoms with Gasteiger partial charge < -0.3 is 4.74 Å². The molecule has 0 aromatic rings. The fourth-order valence-electron chi connectivity index (χ4n) is 1.16. The van der Waals surface area contributed by atoms with E-state index in [0.717, 1.165) is 0 Å². The van der Waals surface area contributed by atoms with E-state index in [4.69, 9.17) is 4.74 Å². The zero-order valence-corrected chi connectivity index (χ0v) is 9.36. The van der Waals surface area contributed by atoms with Crippen LogP contribution in [0.5, 0.6) is 0 Å². The monoisotopic (exact) mass is 222 g/mol. The lowest BCUT2D eigenvalue weighted by atomic mass is 10.0. The molecule has 0 atom stereocenters. The molecule has 0 saturated carbocycles. The number of allylic oxidation sites excluding steroid dienone is 3. The fourth-order valence-corrected chi connectivity index (χ4v) is 1.16. The maximum absolute atomic E-state index is 11.3. The fraction of sp³-hybridized carbons (Fsp3) is 0.417. The van der Waals surface area contributed by atoms with Gasteiger partial charge in [0, 0.05) is 5.57 Å². The van der Waals surface area contributed by atoms with Gasteiger partial charge >= 0.3 is 5.97 Å². The lowest BCUT2D eigenvalue weighted by Gasteiger charge is -2.09. The van der Waals surface area contributed by atoms with E-state index in [2.05, 4.69) is 0 Å². The van der Waals surface area contributed by atoms with Gasteiger partial charge in [-0.15, -0.1) is 0 Å². The third-order valence-corrected chi connectivity index (χ3v) is 1.94. The van der Waals surface area contributed by atoms with E-state index in [1.165, 1.54) is 18.2 Å². The second-order valence-corrected chi connectivity index (χ2v) is 4.02. The van der Waals surface area contributed by atoms with Crippen LogP contribution in [-0.4, -0.2) is 24.1 Å². The highest BCUT2D eigenvalue weighted by molar-refractivity contribution is 6.18. The molecule has 1 aliphatic carbocycles. The Morgan fingerprint density at radius 3 is 2.62 bits per heavy atom. The van der Waals surface area contributed by atoms with Crippen LogP contribution >= 0.6 is 0 Å². The summed E-state index contributed by atoms with van der Waals surface area (Å²) in [7, 11) is 0. The molecular formula is C12H14O4. The molecule has 16 heavy (non-hydrogen) atoms. The van der Waals surface area contributed by atoms with E-state index in [0.29, 0.717) is 6.61 Å². The Hall–Kier alpha value is -1.71. The van der Waals surface area contributed by atoms with Crippen LogP contribution in [0.1, 0.15) is 20.3 Å². The van der Waals surface area contributed by atoms with Gasteiger partial charge in [-0.25, -0.2) is 0 Å². The first-order chi connectivity index (χ1) is 7.49. The molecule has 0 spiro atoms. The maximum atomic E-state index is 11.3. The van der Waals surface area contributed by atoms with Gasteiger partial charge in [0.2, 0.25) is 0 Å². The Balaban J connectivity index is 2.51. The number of carbonyl (C=O) groups excluding carboxylic acids is 3. The van der Waals surface area contributed by atoms with E-state index < -0.39 is 5.97 Å². The molecule has 0 amide bonds. The molecule has 0 aliphatic heterocycles. The lowest BCUT2D eigenvalue weighted by Crippen LogP contribution is -2.15. The van der Waals surface area contributed by atoms with Gasteiger partial charge in [0.05, 0.1) is 13.0 Å². The highest BCUT2D eigenvalue weighted by Gasteiger charge is 2.17. The molecule has 1 aliphatic rings. The Kier molecular flexibility index (Phi) is 4.17. The van der Waals surface area contributed by atoms with Crippen molar-refractivity contribution in [1.29, 1.82) is 0 Å². The molecular weight excluding hydrogens is 208 g/mol. The third kappa shape index (κ3) is 3.81. The van der Waals surface area contributed by atoms with Crippen LogP contribution in [0.25, 0.3) is 0 Å². The lowest BCUT2D eigenvalue weighted by molar-refractivity contribution is -0.144. The first-order valence-corrected chi connectivity index (χ1v) is 5.11. The smallest absolute Gasteiger partial charge is 0.310 e. The standard InChI is InChI=1S/C12H14O4/c1-8(2)7-16-12(15)6-9-5-10(13)3-4-11(9)14/h3-5,8H,6-7H2,1-2H3. The average molecular weight is 222 g/mol. The molecule has 0 radical (unpaired) electrons. The molecule has 0 aromatic heterocycles. The van der Waals surface area contributed by atoms with Crippen molar-refractivity contribution in [3.8, 4) is 0 Å². The van der Waals surface area contributed by atoms with Crippen LogP contribution in [-0.2, 0) is 19.1 Å². The Bertz CT molecular complexity index is 374. The first-order valence-electron chi connectivity index (χ1n) is 5.11. The van der Waals surface area contributed by atoms with Gasteiger partial charge in [-0.3, -0.25) is 14.4 Å². The molecule has 4 heteroatoms. The summed E-state index contributed by atoms with van der Waals surface area (Å²) in [6, 6.07) is 0. The number of esters is 1. The second kappa shape index (κ2) is 5.39. The van der Waals surface area contributed by atoms with Crippen LogP contribution in [0.2, 0.25) is 0 Å². The van der Waals surface area contributed by atoms with Crippen LogP contribution < -0.4 is 0 Å². The molecule has 0 bridgehead atoms. The van der Waals surface area contributed by atoms with Gasteiger partial charge in [-0.05, 0) is 24.1 Å². The highest BCUT2D eigenvalue weighted by Crippen LogP contribution is 2.10. The number of hydrogen-bond acceptors (Lipinski definition) is 4. The van der Waals surface area contributed by atoms with Crippen molar-refractivity contribution in [2.75, 3.05) is 6.61 Å². The van der Waals surface area contributed by atoms with Crippen molar-refractivity contribution in [2.45, 2.75) is 20.3 Å². The predicted octanol–water partition coefficient (Wildman–Crippen LogP) is 1.21. The molecule has 0 saturated heterocycles. The quantitative estimate of drug-likeness (QED) is 0.530. The summed E-state index contributed by atoms with van der Waals surface area (Å²) in [5.41, 5.74) is 0.196. The molecule has 86 valence electrons. The van der Waals surface area contributed by atoms with Gasteiger partial charge in [-0.1, -0.05) is 13.8 Å². The zero-order chi connectivity index (χ0) is 12.1. The average Bonchev–Trinajstić information content (AvgIpc) is 2.20. The predicted molar refractivity (Wildman–Crippen MR) is 57.7 cm³/mol. The minimum Gasteiger partial charge on any atom is -0.465 e. The summed E-state index contributed by atoms with van der Waals surface area (Å²) in [6.45, 7) is 4.17. The zero-order valence-electron chi connectivity index (χ0n) is 9.36. The molecule has 0 N–H and O–H groups in total. The van der Waals surface area contributed by atoms with Crippen LogP contribution in [0.4, 0.5) is 0 Å². The molecule has 0 unspecified atom stereocenters. The number of ether oxygens (including phenoxy) is 1. The van der Waals surface area contributed by atoms with Crippen molar-refractivity contribution in [3.05, 3.63) is 23.8 Å². The summed E-state index contributed by atoms with van der Waals surface area (Å²) in [5, 5.41) is 0. The summed E-state index contributed by atoms with van der Waals surface area (Å²) in [6.07, 6.45) is 3.40. The van der Waals surface area contributed by atoms with Crippen LogP contribution in [0.3, 0.4) is 0 Å². The van der Waals surface area contributed by atoms with Crippen molar-refractivity contribution in [3.63, 3.8) is 0 Å². The van der Waals surface area contributed by atoms with Gasteiger partial charge in [-0.2, -0.15) is 0 Å². The number of ketones is 2. The van der Waals surface area contributed by atoms with Crippen molar-refractivity contribution in [1.82, 2.24) is 0 Å². The topological polar surface area (TPSA) is 60.4 Å². The summed E-state index contributed by atoms with van der Waals surface area (Å²) < 4.78 is 4.92. The SMILES string of the molecule is CC(C)COC(=O)CC1=CC(=O)C=CC1=O. The number of hydrogen-bond donors (Lipinski definition) is 0. The molecule has 0 fully saturated rings. The van der Waals surface area contributed by atoms with Gasteiger partial charge in [0.1, 0.15) is 0 Å². The summed E-state index contributed by atoms with van der Waals surface area (Å²) >= 11 is 0. The molecule has 4 nitrogen and oxygen atoms in total. The molecule has 0 aromatic carbocycles. The van der Waals surface area contributed by atoms with E-state index in [1.807, 2.05) is 13.8 Å². The van der Waals surface area contributed by atoms with Crippen LogP contribution in [0, 0.1) is 5.92 Å². The van der Waals surface area contributed by atoms with Crippen LogP contribution in [0.15, 0.2) is 23.8 Å². The van der Waals surface area contributed by atoms with Gasteiger partial charge in [0.15, 0.2) is 11.6 Å². The maximum Gasteiger partial charge on any atom is 0.310 e. The molecule has 0 heterocycles. The second-order valence-electron chi connectivity index (χ2n) is 4.02. The van der Waals surface area contributed by atoms with E-state index in [9.17, 15) is 14.4 Å². The Morgan fingerprint density at radius 2 is 2.00 bits per heavy atom. The molecule has 1 rings (SSSR count). The minimum absolute atomic E-state index is 0.137. The minimum atomic E-state index is -0.476. The van der Waals surface area contributed by atoms with Crippen molar-refractivity contribution < 1.29 is 19.1 Å². The summed E-state index contributed by atoms with van der Waals surface area (Å²) in [5.74, 6) is -0.801. The number of carbonyl (C=O) groups is 3. The van der Waals surface area contributed by atoms with E-state index in [-0.39, 0.29) is 29.5 Å². The normalized spacial score (nSPS) is 15.3. The van der Waals surface area contributed by atoms with Gasteiger partial charge in [0.25, 0.3) is 0 Å². The van der Waals surface area contributed by atoms with Crippen molar-refractivity contribution in [2.24, 2.45) is 5.92 Å². The third-order valence-electron chi connectivity index (χ3n) is 1.94. The summed E-state index contributed by atoms with van der Waals surface area (Å²) in [4.78, 5) is 33.6.